The fourth-order valence-corrected chi connectivity index (χ4v) is 5.58. The van der Waals surface area contributed by atoms with Crippen molar-refractivity contribution < 1.29 is 13.2 Å². The summed E-state index contributed by atoms with van der Waals surface area (Å²) in [6.07, 6.45) is 6.02. The highest BCUT2D eigenvalue weighted by atomic mass is 32.2. The summed E-state index contributed by atoms with van der Waals surface area (Å²) in [6, 6.07) is 6.88. The van der Waals surface area contributed by atoms with Gasteiger partial charge in [-0.3, -0.25) is 9.69 Å². The average molecular weight is 381 g/mol. The highest BCUT2D eigenvalue weighted by Crippen LogP contribution is 2.34. The van der Waals surface area contributed by atoms with Crippen molar-refractivity contribution in [1.29, 1.82) is 0 Å². The molecule has 0 spiro atoms. The normalized spacial score (nSPS) is 24.2. The van der Waals surface area contributed by atoms with Crippen LogP contribution in [0.25, 0.3) is 0 Å². The van der Waals surface area contributed by atoms with Gasteiger partial charge in [0, 0.05) is 6.04 Å². The fourth-order valence-electron chi connectivity index (χ4n) is 3.35. The summed E-state index contributed by atoms with van der Waals surface area (Å²) in [5.74, 6) is -0.0211. The van der Waals surface area contributed by atoms with Crippen molar-refractivity contribution in [3.63, 3.8) is 0 Å². The van der Waals surface area contributed by atoms with Gasteiger partial charge in [-0.25, -0.2) is 0 Å². The van der Waals surface area contributed by atoms with Crippen molar-refractivity contribution in [3.8, 4) is 0 Å². The molecule has 0 aromatic heterocycles. The van der Waals surface area contributed by atoms with Gasteiger partial charge < -0.3 is 0 Å². The van der Waals surface area contributed by atoms with E-state index in [4.69, 9.17) is 0 Å². The molecule has 1 saturated carbocycles. The first-order chi connectivity index (χ1) is 11.9. The van der Waals surface area contributed by atoms with Crippen molar-refractivity contribution in [1.82, 2.24) is 4.90 Å². The first-order valence-electron chi connectivity index (χ1n) is 8.86. The van der Waals surface area contributed by atoms with E-state index in [-0.39, 0.29) is 22.1 Å². The second-order valence-corrected chi connectivity index (χ2v) is 9.52. The van der Waals surface area contributed by atoms with Gasteiger partial charge in [0.15, 0.2) is 5.17 Å². The number of carbonyl (C=O) groups excluding carboxylic acids is 1. The zero-order valence-electron chi connectivity index (χ0n) is 14.6. The van der Waals surface area contributed by atoms with Gasteiger partial charge in [0.1, 0.15) is 0 Å². The lowest BCUT2D eigenvalue weighted by atomic mass is 9.94. The molecule has 1 unspecified atom stereocenters. The molecule has 0 bridgehead atoms. The molecule has 2 fully saturated rings. The number of aryl methyl sites for hydroxylation is 1. The summed E-state index contributed by atoms with van der Waals surface area (Å²) < 4.78 is 29.4. The molecule has 7 heteroatoms. The molecule has 1 aliphatic carbocycles. The number of hydrogen-bond acceptors (Lipinski definition) is 4. The van der Waals surface area contributed by atoms with Crippen LogP contribution in [0.2, 0.25) is 0 Å². The van der Waals surface area contributed by atoms with Crippen LogP contribution in [0.3, 0.4) is 0 Å². The highest BCUT2D eigenvalue weighted by molar-refractivity contribution is 8.16. The second-order valence-electron chi connectivity index (χ2n) is 6.61. The highest BCUT2D eigenvalue weighted by Gasteiger charge is 2.40. The van der Waals surface area contributed by atoms with Gasteiger partial charge in [-0.1, -0.05) is 50.1 Å². The van der Waals surface area contributed by atoms with Gasteiger partial charge in [-0.2, -0.15) is 8.42 Å². The Bertz CT molecular complexity index is 766. The summed E-state index contributed by atoms with van der Waals surface area (Å²) in [4.78, 5) is 14.4. The summed E-state index contributed by atoms with van der Waals surface area (Å²) in [5, 5.41) is 0.0577. The molecule has 3 rings (SSSR count). The molecule has 25 heavy (non-hydrogen) atoms. The van der Waals surface area contributed by atoms with E-state index in [2.05, 4.69) is 4.40 Å². The van der Waals surface area contributed by atoms with E-state index >= 15 is 0 Å². The number of hydrogen-bond donors (Lipinski definition) is 0. The zero-order valence-corrected chi connectivity index (χ0v) is 16.3. The van der Waals surface area contributed by atoms with E-state index in [9.17, 15) is 13.2 Å². The van der Waals surface area contributed by atoms with Gasteiger partial charge >= 0.3 is 0 Å². The van der Waals surface area contributed by atoms with Gasteiger partial charge in [0.25, 0.3) is 10.0 Å². The Morgan fingerprint density at radius 3 is 2.40 bits per heavy atom. The second kappa shape index (κ2) is 7.50. The van der Waals surface area contributed by atoms with E-state index in [0.29, 0.717) is 5.17 Å². The maximum Gasteiger partial charge on any atom is 0.284 e. The number of sulfonamides is 1. The number of nitrogens with zero attached hydrogens (tertiary/aromatic N) is 2. The monoisotopic (exact) mass is 380 g/mol. The average Bonchev–Trinajstić information content (AvgIpc) is 2.89. The number of thioether (sulfide) groups is 1. The lowest BCUT2D eigenvalue weighted by molar-refractivity contribution is -0.127. The van der Waals surface area contributed by atoms with E-state index in [1.54, 1.807) is 17.0 Å². The zero-order chi connectivity index (χ0) is 18.0. The molecule has 5 nitrogen and oxygen atoms in total. The van der Waals surface area contributed by atoms with Crippen LogP contribution in [0.1, 0.15) is 51.5 Å². The number of amidine groups is 1. The third-order valence-electron chi connectivity index (χ3n) is 4.84. The summed E-state index contributed by atoms with van der Waals surface area (Å²) in [5.41, 5.74) is 1.08. The van der Waals surface area contributed by atoms with Crippen LogP contribution < -0.4 is 0 Å². The topological polar surface area (TPSA) is 66.8 Å². The van der Waals surface area contributed by atoms with E-state index in [1.165, 1.54) is 18.2 Å². The summed E-state index contributed by atoms with van der Waals surface area (Å²) >= 11 is 1.25. The Labute approximate surface area is 153 Å². The molecule has 1 aliphatic heterocycles. The lowest BCUT2D eigenvalue weighted by Gasteiger charge is -2.30. The largest absolute Gasteiger partial charge is 0.287 e. The van der Waals surface area contributed by atoms with Crippen molar-refractivity contribution in [2.24, 2.45) is 4.40 Å². The van der Waals surface area contributed by atoms with Crippen LogP contribution in [-0.2, 0) is 21.2 Å². The Morgan fingerprint density at radius 1 is 1.16 bits per heavy atom. The molecule has 1 aromatic carbocycles. The van der Waals surface area contributed by atoms with Crippen molar-refractivity contribution in [2.75, 3.05) is 0 Å². The van der Waals surface area contributed by atoms with Gasteiger partial charge in [0.05, 0.1) is 10.1 Å². The predicted molar refractivity (Wildman–Crippen MR) is 101 cm³/mol. The van der Waals surface area contributed by atoms with Crippen LogP contribution in [0.15, 0.2) is 33.6 Å². The fraction of sp³-hybridized carbons (Fsp3) is 0.556. The Kier molecular flexibility index (Phi) is 5.53. The maximum absolute atomic E-state index is 12.7. The van der Waals surface area contributed by atoms with Crippen LogP contribution in [0, 0.1) is 0 Å². The lowest BCUT2D eigenvalue weighted by Crippen LogP contribution is -2.42. The third-order valence-corrected chi connectivity index (χ3v) is 7.29. The minimum Gasteiger partial charge on any atom is -0.287 e. The summed E-state index contributed by atoms with van der Waals surface area (Å²) in [6.45, 7) is 3.84. The SMILES string of the molecule is CCc1ccc(S(=O)(=O)/N=C2/SC(C)C(=O)N2C2CCCCC2)cc1. The van der Waals surface area contributed by atoms with Gasteiger partial charge in [0.2, 0.25) is 5.91 Å². The molecule has 0 radical (unpaired) electrons. The molecular formula is C18H24N2O3S2. The maximum atomic E-state index is 12.7. The van der Waals surface area contributed by atoms with Crippen molar-refractivity contribution in [2.45, 2.75) is 68.6 Å². The van der Waals surface area contributed by atoms with Gasteiger partial charge in [-0.05, 0) is 43.9 Å². The van der Waals surface area contributed by atoms with Crippen LogP contribution >= 0.6 is 11.8 Å². The molecule has 1 aromatic rings. The molecule has 1 amide bonds. The number of amides is 1. The van der Waals surface area contributed by atoms with E-state index < -0.39 is 10.0 Å². The molecule has 2 aliphatic rings. The van der Waals surface area contributed by atoms with Crippen LogP contribution in [0.5, 0.6) is 0 Å². The van der Waals surface area contributed by atoms with Crippen molar-refractivity contribution in [3.05, 3.63) is 29.8 Å². The van der Waals surface area contributed by atoms with Gasteiger partial charge in [-0.15, -0.1) is 4.40 Å². The first kappa shape index (κ1) is 18.5. The number of carbonyl (C=O) groups is 1. The standard InChI is InChI=1S/C18H24N2O3S2/c1-3-14-9-11-16(12-10-14)25(22,23)19-18-20(17(21)13(2)24-18)15-7-5-4-6-8-15/h9-13,15H,3-8H2,1-2H3/b19-18+. The summed E-state index contributed by atoms with van der Waals surface area (Å²) in [7, 11) is -3.81. The molecular weight excluding hydrogens is 356 g/mol. The predicted octanol–water partition coefficient (Wildman–Crippen LogP) is 3.59. The number of rotatable bonds is 4. The molecule has 1 atom stereocenters. The molecule has 0 N–H and O–H groups in total. The van der Waals surface area contributed by atoms with Crippen molar-refractivity contribution >= 4 is 32.9 Å². The molecule has 1 heterocycles. The minimum atomic E-state index is -3.81. The first-order valence-corrected chi connectivity index (χ1v) is 11.2. The van der Waals surface area contributed by atoms with E-state index in [0.717, 1.165) is 37.7 Å². The van der Waals surface area contributed by atoms with Crippen LogP contribution in [-0.4, -0.2) is 35.7 Å². The van der Waals surface area contributed by atoms with Crippen LogP contribution in [0.4, 0.5) is 0 Å². The quantitative estimate of drug-likeness (QED) is 0.800. The minimum absolute atomic E-state index is 0.0211. The smallest absolute Gasteiger partial charge is 0.284 e. The molecule has 1 saturated heterocycles. The Balaban J connectivity index is 1.91. The third kappa shape index (κ3) is 3.92. The Morgan fingerprint density at radius 2 is 1.80 bits per heavy atom. The molecule has 136 valence electrons. The van der Waals surface area contributed by atoms with E-state index in [1.807, 2.05) is 26.0 Å². The number of benzene rings is 1. The Hall–Kier alpha value is -1.34.